The van der Waals surface area contributed by atoms with Crippen molar-refractivity contribution < 1.29 is 9.90 Å². The van der Waals surface area contributed by atoms with Crippen molar-refractivity contribution in [1.29, 1.82) is 0 Å². The monoisotopic (exact) mass is 271 g/mol. The Bertz CT molecular complexity index is 612. The lowest BCUT2D eigenvalue weighted by Crippen LogP contribution is -2.44. The first-order valence-electron chi connectivity index (χ1n) is 6.90. The molecule has 2 aromatic carbocycles. The molecule has 1 atom stereocenters. The Morgan fingerprint density at radius 1 is 1.20 bits per heavy atom. The van der Waals surface area contributed by atoms with E-state index in [1.165, 1.54) is 0 Å². The van der Waals surface area contributed by atoms with Gasteiger partial charge < -0.3 is 10.4 Å². The minimum Gasteiger partial charge on any atom is -0.388 e. The van der Waals surface area contributed by atoms with E-state index in [4.69, 9.17) is 0 Å². The van der Waals surface area contributed by atoms with Crippen LogP contribution in [0.1, 0.15) is 31.1 Å². The van der Waals surface area contributed by atoms with Crippen LogP contribution in [0.5, 0.6) is 0 Å². The van der Waals surface area contributed by atoms with Crippen LogP contribution in [0.2, 0.25) is 0 Å². The molecule has 0 aliphatic rings. The van der Waals surface area contributed by atoms with Gasteiger partial charge in [0, 0.05) is 12.1 Å². The first kappa shape index (κ1) is 14.5. The number of benzene rings is 2. The van der Waals surface area contributed by atoms with E-state index in [1.807, 2.05) is 56.3 Å². The van der Waals surface area contributed by atoms with Crippen molar-refractivity contribution in [2.24, 2.45) is 5.92 Å². The third-order valence-corrected chi connectivity index (χ3v) is 3.88. The molecule has 0 saturated carbocycles. The molecule has 0 fully saturated rings. The number of rotatable bonds is 4. The average Bonchev–Trinajstić information content (AvgIpc) is 2.44. The van der Waals surface area contributed by atoms with Gasteiger partial charge in [-0.05, 0) is 29.7 Å². The van der Waals surface area contributed by atoms with Gasteiger partial charge in [-0.1, -0.05) is 50.2 Å². The van der Waals surface area contributed by atoms with Crippen molar-refractivity contribution in [2.75, 3.05) is 6.54 Å². The van der Waals surface area contributed by atoms with E-state index in [1.54, 1.807) is 6.92 Å². The molecule has 2 aromatic rings. The SMILES string of the molecule is CC(C)C(C)(O)CNC(=O)c1cccc2ccccc12. The first-order valence-corrected chi connectivity index (χ1v) is 6.90. The zero-order valence-corrected chi connectivity index (χ0v) is 12.2. The molecule has 0 bridgehead atoms. The van der Waals surface area contributed by atoms with E-state index in [0.717, 1.165) is 10.8 Å². The fourth-order valence-corrected chi connectivity index (χ4v) is 1.98. The van der Waals surface area contributed by atoms with Crippen LogP contribution >= 0.6 is 0 Å². The van der Waals surface area contributed by atoms with Gasteiger partial charge in [0.1, 0.15) is 0 Å². The molecule has 0 aliphatic carbocycles. The van der Waals surface area contributed by atoms with Crippen LogP contribution in [0.25, 0.3) is 10.8 Å². The summed E-state index contributed by atoms with van der Waals surface area (Å²) in [6.45, 7) is 5.85. The number of carbonyl (C=O) groups is 1. The highest BCUT2D eigenvalue weighted by atomic mass is 16.3. The molecule has 3 heteroatoms. The van der Waals surface area contributed by atoms with Crippen LogP contribution in [0, 0.1) is 5.92 Å². The largest absolute Gasteiger partial charge is 0.388 e. The van der Waals surface area contributed by atoms with Crippen molar-refractivity contribution in [3.63, 3.8) is 0 Å². The van der Waals surface area contributed by atoms with Crippen molar-refractivity contribution >= 4 is 16.7 Å². The summed E-state index contributed by atoms with van der Waals surface area (Å²) in [5, 5.41) is 15.0. The Morgan fingerprint density at radius 2 is 1.85 bits per heavy atom. The molecule has 0 heterocycles. The van der Waals surface area contributed by atoms with Gasteiger partial charge >= 0.3 is 0 Å². The van der Waals surface area contributed by atoms with Gasteiger partial charge in [0.05, 0.1) is 5.60 Å². The van der Waals surface area contributed by atoms with Crippen LogP contribution < -0.4 is 5.32 Å². The highest BCUT2D eigenvalue weighted by Crippen LogP contribution is 2.19. The molecular formula is C17H21NO2. The number of carbonyl (C=O) groups excluding carboxylic acids is 1. The molecule has 1 unspecified atom stereocenters. The van der Waals surface area contributed by atoms with E-state index in [-0.39, 0.29) is 18.4 Å². The van der Waals surface area contributed by atoms with Gasteiger partial charge in [0.25, 0.3) is 5.91 Å². The predicted molar refractivity (Wildman–Crippen MR) is 81.7 cm³/mol. The predicted octanol–water partition coefficient (Wildman–Crippen LogP) is 2.98. The van der Waals surface area contributed by atoms with Crippen molar-refractivity contribution in [1.82, 2.24) is 5.32 Å². The molecule has 0 saturated heterocycles. The number of hydrogen-bond donors (Lipinski definition) is 2. The third kappa shape index (κ3) is 2.99. The van der Waals surface area contributed by atoms with Crippen molar-refractivity contribution in [3.05, 3.63) is 48.0 Å². The Labute approximate surface area is 119 Å². The second-order valence-corrected chi connectivity index (χ2v) is 5.72. The Morgan fingerprint density at radius 3 is 2.55 bits per heavy atom. The smallest absolute Gasteiger partial charge is 0.252 e. The van der Waals surface area contributed by atoms with Crippen LogP contribution in [-0.4, -0.2) is 23.2 Å². The summed E-state index contributed by atoms with van der Waals surface area (Å²) in [6.07, 6.45) is 0. The molecule has 20 heavy (non-hydrogen) atoms. The maximum Gasteiger partial charge on any atom is 0.252 e. The van der Waals surface area contributed by atoms with E-state index >= 15 is 0 Å². The Balaban J connectivity index is 2.20. The molecule has 106 valence electrons. The molecule has 2 rings (SSSR count). The van der Waals surface area contributed by atoms with E-state index < -0.39 is 5.60 Å². The Kier molecular flexibility index (Phi) is 4.09. The number of aliphatic hydroxyl groups is 1. The van der Waals surface area contributed by atoms with Gasteiger partial charge in [-0.3, -0.25) is 4.79 Å². The molecule has 0 aliphatic heterocycles. The number of fused-ring (bicyclic) bond motifs is 1. The van der Waals surface area contributed by atoms with Crippen molar-refractivity contribution in [2.45, 2.75) is 26.4 Å². The third-order valence-electron chi connectivity index (χ3n) is 3.88. The van der Waals surface area contributed by atoms with Gasteiger partial charge in [0.15, 0.2) is 0 Å². The minimum absolute atomic E-state index is 0.0790. The maximum atomic E-state index is 12.3. The maximum absolute atomic E-state index is 12.3. The summed E-state index contributed by atoms with van der Waals surface area (Å²) in [5.41, 5.74) is -0.261. The summed E-state index contributed by atoms with van der Waals surface area (Å²) in [6, 6.07) is 13.5. The van der Waals surface area contributed by atoms with Crippen LogP contribution in [0.4, 0.5) is 0 Å². The summed E-state index contributed by atoms with van der Waals surface area (Å²) in [5.74, 6) is -0.0713. The fourth-order valence-electron chi connectivity index (χ4n) is 1.98. The highest BCUT2D eigenvalue weighted by Gasteiger charge is 2.25. The first-order chi connectivity index (χ1) is 9.42. The lowest BCUT2D eigenvalue weighted by atomic mass is 9.92. The number of amides is 1. The van der Waals surface area contributed by atoms with Gasteiger partial charge in [-0.2, -0.15) is 0 Å². The standard InChI is InChI=1S/C17H21NO2/c1-12(2)17(3,20)11-18-16(19)15-10-6-8-13-7-4-5-9-14(13)15/h4-10,12,20H,11H2,1-3H3,(H,18,19). The lowest BCUT2D eigenvalue weighted by Gasteiger charge is -2.27. The summed E-state index contributed by atoms with van der Waals surface area (Å²) < 4.78 is 0. The molecule has 0 spiro atoms. The molecule has 0 radical (unpaired) electrons. The quantitative estimate of drug-likeness (QED) is 0.898. The van der Waals surface area contributed by atoms with E-state index in [2.05, 4.69) is 5.32 Å². The molecule has 1 amide bonds. The lowest BCUT2D eigenvalue weighted by molar-refractivity contribution is 0.0142. The van der Waals surface area contributed by atoms with Gasteiger partial charge in [-0.25, -0.2) is 0 Å². The zero-order chi connectivity index (χ0) is 14.8. The summed E-state index contributed by atoms with van der Waals surface area (Å²) >= 11 is 0. The minimum atomic E-state index is -0.903. The average molecular weight is 271 g/mol. The normalized spacial score (nSPS) is 14.2. The van der Waals surface area contributed by atoms with Gasteiger partial charge in [-0.15, -0.1) is 0 Å². The van der Waals surface area contributed by atoms with E-state index in [9.17, 15) is 9.90 Å². The van der Waals surface area contributed by atoms with Crippen LogP contribution in [-0.2, 0) is 0 Å². The molecule has 2 N–H and O–H groups in total. The number of nitrogens with one attached hydrogen (secondary N) is 1. The van der Waals surface area contributed by atoms with Crippen molar-refractivity contribution in [3.8, 4) is 0 Å². The van der Waals surface area contributed by atoms with E-state index in [0.29, 0.717) is 5.56 Å². The second-order valence-electron chi connectivity index (χ2n) is 5.72. The topological polar surface area (TPSA) is 49.3 Å². The highest BCUT2D eigenvalue weighted by molar-refractivity contribution is 6.07. The van der Waals surface area contributed by atoms with Gasteiger partial charge in [0.2, 0.25) is 0 Å². The zero-order valence-electron chi connectivity index (χ0n) is 12.2. The fraction of sp³-hybridized carbons (Fsp3) is 0.353. The molecular weight excluding hydrogens is 250 g/mol. The molecule has 3 nitrogen and oxygen atoms in total. The number of hydrogen-bond acceptors (Lipinski definition) is 2. The Hall–Kier alpha value is -1.87. The molecule has 0 aromatic heterocycles. The second kappa shape index (κ2) is 5.63. The van der Waals surface area contributed by atoms with Crippen LogP contribution in [0.3, 0.4) is 0 Å². The van der Waals surface area contributed by atoms with Crippen LogP contribution in [0.15, 0.2) is 42.5 Å². The summed E-state index contributed by atoms with van der Waals surface area (Å²) in [4.78, 5) is 12.3. The summed E-state index contributed by atoms with van der Waals surface area (Å²) in [7, 11) is 0.